The monoisotopic (exact) mass is 492 g/mol. The van der Waals surface area contributed by atoms with Crippen LogP contribution in [-0.2, 0) is 9.53 Å². The van der Waals surface area contributed by atoms with E-state index in [1.54, 1.807) is 17.1 Å². The molecule has 0 saturated carbocycles. The Morgan fingerprint density at radius 2 is 1.97 bits per heavy atom. The van der Waals surface area contributed by atoms with E-state index in [0.717, 1.165) is 17.3 Å². The molecule has 2 N–H and O–H groups in total. The first kappa shape index (κ1) is 26.6. The number of esters is 1. The Bertz CT molecular complexity index is 1230. The summed E-state index contributed by atoms with van der Waals surface area (Å²) < 4.78 is 12.2. The van der Waals surface area contributed by atoms with Gasteiger partial charge in [-0.25, -0.2) is 4.79 Å². The van der Waals surface area contributed by atoms with Crippen molar-refractivity contribution in [3.63, 3.8) is 0 Å². The Morgan fingerprint density at radius 3 is 2.56 bits per heavy atom. The minimum absolute atomic E-state index is 0.00777. The lowest BCUT2D eigenvalue weighted by atomic mass is 9.83. The number of aromatic nitrogens is 2. The van der Waals surface area contributed by atoms with Gasteiger partial charge >= 0.3 is 5.97 Å². The van der Waals surface area contributed by atoms with E-state index in [-0.39, 0.29) is 17.4 Å². The van der Waals surface area contributed by atoms with Crippen LogP contribution in [0.1, 0.15) is 48.8 Å². The van der Waals surface area contributed by atoms with Crippen molar-refractivity contribution < 1.29 is 19.1 Å². The molecule has 1 aliphatic heterocycles. The highest BCUT2D eigenvalue weighted by atomic mass is 16.7. The number of carbonyl (C=O) groups is 2. The van der Waals surface area contributed by atoms with Gasteiger partial charge in [0.05, 0.1) is 12.2 Å². The van der Waals surface area contributed by atoms with E-state index < -0.39 is 35.7 Å². The predicted octanol–water partition coefficient (Wildman–Crippen LogP) is 2.96. The normalized spacial score (nSPS) is 16.7. The van der Waals surface area contributed by atoms with Gasteiger partial charge in [0.25, 0.3) is 5.91 Å². The summed E-state index contributed by atoms with van der Waals surface area (Å²) in [6, 6.07) is 9.38. The molecular formula is C27H32N4O5. The molecular weight excluding hydrogens is 460 g/mol. The highest BCUT2D eigenvalue weighted by Gasteiger charge is 2.39. The Kier molecular flexibility index (Phi) is 8.26. The van der Waals surface area contributed by atoms with Crippen LogP contribution < -0.4 is 15.9 Å². The molecule has 2 aromatic rings. The zero-order valence-corrected chi connectivity index (χ0v) is 20.8. The third-order valence-corrected chi connectivity index (χ3v) is 5.93. The van der Waals surface area contributed by atoms with E-state index in [1.807, 2.05) is 43.3 Å². The van der Waals surface area contributed by atoms with Gasteiger partial charge in [-0.3, -0.25) is 14.3 Å². The molecule has 0 aliphatic carbocycles. The van der Waals surface area contributed by atoms with Gasteiger partial charge in [-0.15, -0.1) is 0 Å². The van der Waals surface area contributed by atoms with Gasteiger partial charge in [0, 0.05) is 19.0 Å². The Morgan fingerprint density at radius 1 is 1.28 bits per heavy atom. The molecule has 0 bridgehead atoms. The smallest absolute Gasteiger partial charge is 0.328 e. The number of nitrogens with zero attached hydrogens (tertiary/aromatic N) is 3. The number of fused-ring (bicyclic) bond motifs is 1. The molecule has 0 fully saturated rings. The van der Waals surface area contributed by atoms with Crippen LogP contribution in [-0.4, -0.2) is 52.0 Å². The number of amides is 1. The van der Waals surface area contributed by atoms with Crippen LogP contribution in [0.4, 0.5) is 0 Å². The lowest BCUT2D eigenvalue weighted by Crippen LogP contribution is -2.47. The number of likely N-dealkylation sites (N-methyl/N-ethyl adjacent to an activating group) is 1. The molecule has 36 heavy (non-hydrogen) atoms. The van der Waals surface area contributed by atoms with E-state index in [4.69, 9.17) is 15.2 Å². The molecule has 1 unspecified atom stereocenters. The van der Waals surface area contributed by atoms with Crippen LogP contribution in [0.3, 0.4) is 0 Å². The van der Waals surface area contributed by atoms with Gasteiger partial charge in [-0.05, 0) is 31.9 Å². The van der Waals surface area contributed by atoms with Gasteiger partial charge in [-0.2, -0.15) is 5.10 Å². The van der Waals surface area contributed by atoms with Crippen molar-refractivity contribution in [3.05, 3.63) is 95.0 Å². The average molecular weight is 493 g/mol. The Labute approximate surface area is 210 Å². The number of hydrogen-bond donors (Lipinski definition) is 1. The molecule has 2 atom stereocenters. The molecule has 3 rings (SSSR count). The molecule has 190 valence electrons. The van der Waals surface area contributed by atoms with E-state index in [0.29, 0.717) is 13.1 Å². The number of rotatable bonds is 10. The van der Waals surface area contributed by atoms with Crippen LogP contribution in [0.2, 0.25) is 0 Å². The molecule has 1 aliphatic rings. The molecule has 0 radical (unpaired) electrons. The minimum Gasteiger partial charge on any atom is -0.451 e. The predicted molar refractivity (Wildman–Crippen MR) is 137 cm³/mol. The second-order valence-electron chi connectivity index (χ2n) is 8.95. The van der Waals surface area contributed by atoms with Crippen molar-refractivity contribution in [2.75, 3.05) is 19.9 Å². The summed E-state index contributed by atoms with van der Waals surface area (Å²) in [5.74, 6) is -1.61. The van der Waals surface area contributed by atoms with Crippen molar-refractivity contribution in [1.82, 2.24) is 14.7 Å². The first-order chi connectivity index (χ1) is 17.1. The summed E-state index contributed by atoms with van der Waals surface area (Å²) in [7, 11) is 0. The fourth-order valence-electron chi connectivity index (χ4n) is 4.15. The number of benzene rings is 1. The van der Waals surface area contributed by atoms with Crippen molar-refractivity contribution in [2.45, 2.75) is 38.3 Å². The SMILES string of the molecule is C=C/C=C(\C=C)C(c1ccccc1)[C@@H]1CN(CC)C(=O)c2c(OCOC(=O)C(C)(C)N)c(=O)cnn21. The summed E-state index contributed by atoms with van der Waals surface area (Å²) in [6.07, 6.45) is 6.40. The second-order valence-corrected chi connectivity index (χ2v) is 8.95. The lowest BCUT2D eigenvalue weighted by molar-refractivity contribution is -0.155. The maximum atomic E-state index is 13.4. The number of ether oxygens (including phenoxy) is 2. The lowest BCUT2D eigenvalue weighted by Gasteiger charge is -2.39. The molecule has 1 amide bonds. The highest BCUT2D eigenvalue weighted by molar-refractivity contribution is 5.96. The van der Waals surface area contributed by atoms with Gasteiger partial charge in [0.15, 0.2) is 5.69 Å². The van der Waals surface area contributed by atoms with Crippen LogP contribution in [0, 0.1) is 0 Å². The largest absolute Gasteiger partial charge is 0.451 e. The maximum Gasteiger partial charge on any atom is 0.328 e. The summed E-state index contributed by atoms with van der Waals surface area (Å²) in [4.78, 5) is 39.8. The molecule has 2 heterocycles. The highest BCUT2D eigenvalue weighted by Crippen LogP contribution is 2.40. The number of carbonyl (C=O) groups excluding carboxylic acids is 2. The summed E-state index contributed by atoms with van der Waals surface area (Å²) in [5.41, 5.74) is 5.75. The molecule has 9 heteroatoms. The van der Waals surface area contributed by atoms with Crippen molar-refractivity contribution in [2.24, 2.45) is 5.73 Å². The van der Waals surface area contributed by atoms with Crippen LogP contribution in [0.5, 0.6) is 5.75 Å². The zero-order valence-electron chi connectivity index (χ0n) is 20.8. The minimum atomic E-state index is -1.24. The topological polar surface area (TPSA) is 117 Å². The van der Waals surface area contributed by atoms with Crippen LogP contribution >= 0.6 is 0 Å². The summed E-state index contributed by atoms with van der Waals surface area (Å²) in [6.45, 7) is 12.8. The molecule has 1 aromatic heterocycles. The van der Waals surface area contributed by atoms with E-state index in [2.05, 4.69) is 18.3 Å². The summed E-state index contributed by atoms with van der Waals surface area (Å²) in [5, 5.41) is 4.35. The quantitative estimate of drug-likeness (QED) is 0.308. The van der Waals surface area contributed by atoms with Gasteiger partial charge in [-0.1, -0.05) is 61.7 Å². The zero-order chi connectivity index (χ0) is 26.5. The fraction of sp³-hybridized carbons (Fsp3) is 0.333. The van der Waals surface area contributed by atoms with Gasteiger partial charge in [0.1, 0.15) is 5.54 Å². The number of allylic oxidation sites excluding steroid dienone is 4. The van der Waals surface area contributed by atoms with Crippen LogP contribution in [0.25, 0.3) is 0 Å². The molecule has 1 aromatic carbocycles. The Balaban J connectivity index is 2.14. The maximum absolute atomic E-state index is 13.4. The second kappa shape index (κ2) is 11.2. The summed E-state index contributed by atoms with van der Waals surface area (Å²) >= 11 is 0. The van der Waals surface area contributed by atoms with E-state index >= 15 is 0 Å². The Hall–Kier alpha value is -3.98. The molecule has 9 nitrogen and oxygen atoms in total. The van der Waals surface area contributed by atoms with Crippen molar-refractivity contribution >= 4 is 11.9 Å². The van der Waals surface area contributed by atoms with Crippen molar-refractivity contribution in [1.29, 1.82) is 0 Å². The first-order valence-corrected chi connectivity index (χ1v) is 11.6. The third-order valence-electron chi connectivity index (χ3n) is 5.93. The van der Waals surface area contributed by atoms with Gasteiger partial charge in [0.2, 0.25) is 18.0 Å². The van der Waals surface area contributed by atoms with E-state index in [1.165, 1.54) is 18.5 Å². The van der Waals surface area contributed by atoms with Crippen LogP contribution in [0.15, 0.2) is 78.3 Å². The molecule has 0 spiro atoms. The fourth-order valence-corrected chi connectivity index (χ4v) is 4.15. The number of hydrogen-bond acceptors (Lipinski definition) is 7. The standard InChI is InChI=1S/C27H32N4O5/c1-6-12-18(7-2)22(19-13-10-9-11-14-19)20-16-30(8-3)25(33)23-24(21(32)15-29-31(20)23)35-17-36-26(34)27(4,5)28/h6-7,9-15,20,22H,1-2,8,16-17,28H2,3-5H3/b18-12+/t20-,22?/m0/s1. The molecule has 0 saturated heterocycles. The first-order valence-electron chi connectivity index (χ1n) is 11.6. The van der Waals surface area contributed by atoms with E-state index in [9.17, 15) is 14.4 Å². The number of nitrogens with two attached hydrogens (primary N) is 1. The van der Waals surface area contributed by atoms with Gasteiger partial charge < -0.3 is 20.1 Å². The van der Waals surface area contributed by atoms with Crippen molar-refractivity contribution in [3.8, 4) is 5.75 Å². The third kappa shape index (κ3) is 5.46. The average Bonchev–Trinajstić information content (AvgIpc) is 2.85.